The predicted octanol–water partition coefficient (Wildman–Crippen LogP) is -0.630. The molecule has 0 aromatic rings. The summed E-state index contributed by atoms with van der Waals surface area (Å²) >= 11 is 3.47. The minimum atomic E-state index is -1.34. The third kappa shape index (κ3) is 2.18. The van der Waals surface area contributed by atoms with E-state index in [1.54, 1.807) is 0 Å². The molecular formula is C4H5NO3S. The number of nitrogens with two attached hydrogens (primary N) is 1. The van der Waals surface area contributed by atoms with E-state index in [4.69, 9.17) is 10.8 Å². The van der Waals surface area contributed by atoms with E-state index in [1.807, 2.05) is 0 Å². The Morgan fingerprint density at radius 3 is 2.22 bits per heavy atom. The SMILES string of the molecule is N/C(C(=O)O)=C(\S)C=O. The van der Waals surface area contributed by atoms with Crippen LogP contribution in [0.4, 0.5) is 0 Å². The Kier molecular flexibility index (Phi) is 2.80. The molecule has 4 nitrogen and oxygen atoms in total. The molecule has 0 rings (SSSR count). The molecular weight excluding hydrogens is 142 g/mol. The smallest absolute Gasteiger partial charge is 0.353 e. The molecule has 50 valence electrons. The lowest BCUT2D eigenvalue weighted by atomic mass is 10.4. The predicted molar refractivity (Wildman–Crippen MR) is 33.9 cm³/mol. The fourth-order valence-corrected chi connectivity index (χ4v) is 0.269. The van der Waals surface area contributed by atoms with E-state index in [9.17, 15) is 9.59 Å². The van der Waals surface area contributed by atoms with Crippen LogP contribution in [0.2, 0.25) is 0 Å². The lowest BCUT2D eigenvalue weighted by Crippen LogP contribution is -2.11. The highest BCUT2D eigenvalue weighted by Crippen LogP contribution is 1.98. The second kappa shape index (κ2) is 3.13. The number of hydrogen-bond acceptors (Lipinski definition) is 4. The second-order valence-electron chi connectivity index (χ2n) is 1.22. The summed E-state index contributed by atoms with van der Waals surface area (Å²) in [6.07, 6.45) is 0.270. The Bertz CT molecular complexity index is 175. The molecule has 0 fully saturated rings. The summed E-state index contributed by atoms with van der Waals surface area (Å²) in [5.74, 6) is -1.34. The Balaban J connectivity index is 4.47. The van der Waals surface area contributed by atoms with Crippen molar-refractivity contribution >= 4 is 24.9 Å². The third-order valence-electron chi connectivity index (χ3n) is 0.618. The molecule has 0 aromatic heterocycles. The number of carbonyl (C=O) groups is 2. The molecule has 0 saturated heterocycles. The lowest BCUT2D eigenvalue weighted by molar-refractivity contribution is -0.132. The van der Waals surface area contributed by atoms with Gasteiger partial charge in [0.2, 0.25) is 0 Å². The van der Waals surface area contributed by atoms with Gasteiger partial charge in [0.15, 0.2) is 6.29 Å². The van der Waals surface area contributed by atoms with E-state index in [-0.39, 0.29) is 11.2 Å². The summed E-state index contributed by atoms with van der Waals surface area (Å²) in [7, 11) is 0. The van der Waals surface area contributed by atoms with E-state index >= 15 is 0 Å². The number of hydrogen-bond donors (Lipinski definition) is 3. The van der Waals surface area contributed by atoms with Crippen LogP contribution in [0, 0.1) is 0 Å². The molecule has 0 saturated carbocycles. The lowest BCUT2D eigenvalue weighted by Gasteiger charge is -1.91. The molecule has 0 aliphatic carbocycles. The minimum Gasteiger partial charge on any atom is -0.477 e. The molecule has 0 radical (unpaired) electrons. The molecule has 0 aliphatic heterocycles. The quantitative estimate of drug-likeness (QED) is 0.276. The van der Waals surface area contributed by atoms with Gasteiger partial charge in [0.05, 0.1) is 4.91 Å². The van der Waals surface area contributed by atoms with Crippen molar-refractivity contribution in [2.75, 3.05) is 0 Å². The zero-order valence-electron chi connectivity index (χ0n) is 4.37. The number of carboxylic acid groups (broad SMARTS) is 1. The normalized spacial score (nSPS) is 12.1. The van der Waals surface area contributed by atoms with Gasteiger partial charge in [0.25, 0.3) is 0 Å². The van der Waals surface area contributed by atoms with Gasteiger partial charge in [-0.05, 0) is 0 Å². The largest absolute Gasteiger partial charge is 0.477 e. The zero-order chi connectivity index (χ0) is 7.44. The van der Waals surface area contributed by atoms with Gasteiger partial charge in [0.1, 0.15) is 5.70 Å². The maximum atomic E-state index is 9.91. The van der Waals surface area contributed by atoms with Crippen LogP contribution in [0.5, 0.6) is 0 Å². The van der Waals surface area contributed by atoms with Crippen LogP contribution in [-0.4, -0.2) is 17.4 Å². The minimum absolute atomic E-state index is 0.262. The summed E-state index contributed by atoms with van der Waals surface area (Å²) in [5, 5.41) is 8.09. The van der Waals surface area contributed by atoms with Gasteiger partial charge < -0.3 is 10.8 Å². The van der Waals surface area contributed by atoms with Crippen molar-refractivity contribution < 1.29 is 14.7 Å². The highest BCUT2D eigenvalue weighted by Gasteiger charge is 2.04. The van der Waals surface area contributed by atoms with Crippen LogP contribution in [0.3, 0.4) is 0 Å². The zero-order valence-corrected chi connectivity index (χ0v) is 5.26. The molecule has 0 unspecified atom stereocenters. The van der Waals surface area contributed by atoms with E-state index in [1.165, 1.54) is 0 Å². The van der Waals surface area contributed by atoms with Crippen molar-refractivity contribution in [1.29, 1.82) is 0 Å². The molecule has 0 atom stereocenters. The molecule has 0 bridgehead atoms. The van der Waals surface area contributed by atoms with Gasteiger partial charge in [-0.1, -0.05) is 0 Å². The Labute approximate surface area is 56.8 Å². The van der Waals surface area contributed by atoms with Crippen LogP contribution in [0.1, 0.15) is 0 Å². The van der Waals surface area contributed by atoms with Gasteiger partial charge >= 0.3 is 5.97 Å². The first-order valence-electron chi connectivity index (χ1n) is 1.96. The molecule has 0 spiro atoms. The van der Waals surface area contributed by atoms with Gasteiger partial charge in [-0.25, -0.2) is 4.79 Å². The van der Waals surface area contributed by atoms with Crippen LogP contribution in [0.25, 0.3) is 0 Å². The maximum absolute atomic E-state index is 9.91. The fraction of sp³-hybridized carbons (Fsp3) is 0. The van der Waals surface area contributed by atoms with Crippen molar-refractivity contribution in [1.82, 2.24) is 0 Å². The Morgan fingerprint density at radius 2 is 2.11 bits per heavy atom. The number of aliphatic carboxylic acids is 1. The summed E-state index contributed by atoms with van der Waals surface area (Å²) < 4.78 is 0. The third-order valence-corrected chi connectivity index (χ3v) is 0.964. The average Bonchev–Trinajstić information content (AvgIpc) is 1.84. The molecule has 0 heterocycles. The monoisotopic (exact) mass is 147 g/mol. The molecule has 3 N–H and O–H groups in total. The van der Waals surface area contributed by atoms with Crippen molar-refractivity contribution in [2.24, 2.45) is 5.73 Å². The summed E-state index contributed by atoms with van der Waals surface area (Å²) in [5.41, 5.74) is 4.31. The number of allylic oxidation sites excluding steroid dienone is 1. The van der Waals surface area contributed by atoms with Crippen molar-refractivity contribution in [3.63, 3.8) is 0 Å². The summed E-state index contributed by atoms with van der Waals surface area (Å²) in [6, 6.07) is 0. The van der Waals surface area contributed by atoms with Crippen molar-refractivity contribution in [2.45, 2.75) is 0 Å². The van der Waals surface area contributed by atoms with E-state index in [0.717, 1.165) is 0 Å². The van der Waals surface area contributed by atoms with Gasteiger partial charge in [-0.3, -0.25) is 4.79 Å². The average molecular weight is 147 g/mol. The van der Waals surface area contributed by atoms with Crippen LogP contribution in [0.15, 0.2) is 10.6 Å². The van der Waals surface area contributed by atoms with Crippen LogP contribution >= 0.6 is 12.6 Å². The van der Waals surface area contributed by atoms with Gasteiger partial charge in [0, 0.05) is 0 Å². The van der Waals surface area contributed by atoms with Gasteiger partial charge in [-0.15, -0.1) is 12.6 Å². The first-order valence-corrected chi connectivity index (χ1v) is 2.41. The molecule has 9 heavy (non-hydrogen) atoms. The van der Waals surface area contributed by atoms with Crippen LogP contribution < -0.4 is 5.73 Å². The first-order chi connectivity index (χ1) is 4.09. The molecule has 0 aliphatic rings. The standard InChI is InChI=1S/C4H5NO3S/c5-3(4(7)8)2(9)1-6/h1,9H,5H2,(H,7,8)/b3-2-. The molecule has 5 heteroatoms. The molecule has 0 aromatic carbocycles. The summed E-state index contributed by atoms with van der Waals surface area (Å²) in [4.78, 5) is 19.4. The number of carbonyl (C=O) groups excluding carboxylic acids is 1. The second-order valence-corrected chi connectivity index (χ2v) is 1.70. The first kappa shape index (κ1) is 8.03. The van der Waals surface area contributed by atoms with E-state index in [0.29, 0.717) is 0 Å². The number of carboxylic acids is 1. The van der Waals surface area contributed by atoms with Crippen molar-refractivity contribution in [3.05, 3.63) is 10.6 Å². The number of aldehydes is 1. The summed E-state index contributed by atoms with van der Waals surface area (Å²) in [6.45, 7) is 0. The van der Waals surface area contributed by atoms with Crippen LogP contribution in [-0.2, 0) is 9.59 Å². The number of rotatable bonds is 2. The Morgan fingerprint density at radius 1 is 1.67 bits per heavy atom. The molecule has 0 amide bonds. The highest BCUT2D eigenvalue weighted by molar-refractivity contribution is 7.85. The van der Waals surface area contributed by atoms with E-state index < -0.39 is 11.7 Å². The van der Waals surface area contributed by atoms with E-state index in [2.05, 4.69) is 12.6 Å². The van der Waals surface area contributed by atoms with Crippen molar-refractivity contribution in [3.8, 4) is 0 Å². The Hall–Kier alpha value is -0.970. The number of thiol groups is 1. The maximum Gasteiger partial charge on any atom is 0.353 e. The van der Waals surface area contributed by atoms with Gasteiger partial charge in [-0.2, -0.15) is 0 Å². The fourth-order valence-electron chi connectivity index (χ4n) is 0.173. The topological polar surface area (TPSA) is 80.4 Å². The highest BCUT2D eigenvalue weighted by atomic mass is 32.1.